The number of aliphatic hydroxyl groups excluding tert-OH is 2. The number of aliphatic hydroxyl groups is 2. The van der Waals surface area contributed by atoms with Gasteiger partial charge in [0.2, 0.25) is 0 Å². The second kappa shape index (κ2) is 84.1. The summed E-state index contributed by atoms with van der Waals surface area (Å²) in [4.78, 5) is 85.6. The SMILES string of the molecule is C.C.CC(C)c1cccc(C2(NC[C@@H](O)[C@@H](N)Cc3cc(F)cc(F)c3)CCCCC2)c1.CC(C)c1cccc(C2(NC[C@@H](O)[C@H](Cc3cc(F)cc(F)c3)NC(=O)CF)CCCCC2)c1.Cl.Cl.ClCCl.ClCCl.ClCCl.O=C(CF)n1ccnc1.O=C(CF)n1ccnc1.O=C(O)CF.O=C(O)CF.O=C([O-])CF.O=C(n1ccnc1)n1ccnc1.O=[S](O)(=[Mg])OO.[Na+].[Na+].[OH-]. The van der Waals surface area contributed by atoms with Crippen LogP contribution in [0.2, 0.25) is 0 Å². The monoisotopic (exact) mass is 2080 g/mol. The second-order valence-electron chi connectivity index (χ2n) is 26.4. The number of amides is 1. The van der Waals surface area contributed by atoms with Crippen molar-refractivity contribution >= 4 is 163 Å². The van der Waals surface area contributed by atoms with Crippen molar-refractivity contribution in [3.05, 3.63) is 216 Å². The number of hydrogen-bond donors (Lipinski definition) is 10. The second-order valence-corrected chi connectivity index (χ2v) is 32.3. The first-order chi connectivity index (χ1) is 58.7. The molecule has 2 aliphatic rings. The molecule has 1 amide bonds. The van der Waals surface area contributed by atoms with E-state index in [4.69, 9.17) is 115 Å². The third kappa shape index (κ3) is 65.3. The van der Waals surface area contributed by atoms with E-state index in [1.807, 2.05) is 0 Å². The molecule has 29 nitrogen and oxygen atoms in total. The summed E-state index contributed by atoms with van der Waals surface area (Å²) >= 11 is 29.3. The van der Waals surface area contributed by atoms with Gasteiger partial charge in [0.25, 0.3) is 17.7 Å². The van der Waals surface area contributed by atoms with Crippen LogP contribution in [0.1, 0.15) is 162 Å². The number of rotatable bonds is 24. The fraction of sp³-hybridized carbons (Fsp3) is 0.463. The number of nitrogens with two attached hydrogens (primary N) is 1. The number of carbonyl (C=O) groups is 7. The van der Waals surface area contributed by atoms with Crippen LogP contribution < -0.4 is 85.9 Å². The molecular weight excluding hydrogens is 1980 g/mol. The Morgan fingerprint density at radius 3 is 1.07 bits per heavy atom. The van der Waals surface area contributed by atoms with Crippen molar-refractivity contribution in [3.63, 3.8) is 0 Å². The van der Waals surface area contributed by atoms with Crippen molar-refractivity contribution in [2.45, 2.75) is 167 Å². The summed E-state index contributed by atoms with van der Waals surface area (Å²) in [6.07, 6.45) is 26.3. The average Bonchev–Trinajstić information content (AvgIpc) is 1.60. The third-order valence-corrected chi connectivity index (χ3v) is 17.4. The number of aliphatic carboxylic acids is 3. The topological polar surface area (TPSA) is 454 Å². The Morgan fingerprint density at radius 1 is 0.527 bits per heavy atom. The van der Waals surface area contributed by atoms with Gasteiger partial charge in [-0.15, -0.1) is 94.4 Å². The number of benzene rings is 4. The fourth-order valence-electron chi connectivity index (χ4n) is 11.2. The average molecular weight is 2090 g/mol. The van der Waals surface area contributed by atoms with Crippen LogP contribution in [0, 0.1) is 23.3 Å². The van der Waals surface area contributed by atoms with Gasteiger partial charge in [0.05, 0.1) is 40.2 Å². The molecule has 730 valence electrons. The maximum absolute atomic E-state index is 13.7. The fourth-order valence-corrected chi connectivity index (χ4v) is 11.2. The largest absolute Gasteiger partial charge is 1.00 e. The molecule has 0 spiro atoms. The van der Waals surface area contributed by atoms with E-state index < -0.39 is 131 Å². The molecule has 4 aromatic carbocycles. The Hall–Kier alpha value is -5.21. The maximum atomic E-state index is 13.7. The van der Waals surface area contributed by atoms with Gasteiger partial charge in [-0.3, -0.25) is 32.7 Å². The molecule has 1 unspecified atom stereocenters. The molecule has 12 N–H and O–H groups in total. The van der Waals surface area contributed by atoms with Gasteiger partial charge in [0, 0.05) is 91.9 Å². The molecule has 51 heteroatoms. The van der Waals surface area contributed by atoms with Gasteiger partial charge < -0.3 is 57.5 Å². The van der Waals surface area contributed by atoms with Crippen LogP contribution in [-0.2, 0) is 54.7 Å². The summed E-state index contributed by atoms with van der Waals surface area (Å²) in [7, 11) is -3.33. The van der Waals surface area contributed by atoms with Crippen LogP contribution in [0.25, 0.3) is 0 Å². The molecule has 4 aromatic heterocycles. The van der Waals surface area contributed by atoms with E-state index in [9.17, 15) is 77.5 Å². The number of carboxylic acids is 3. The Labute approximate surface area is 853 Å². The summed E-state index contributed by atoms with van der Waals surface area (Å²) in [5.74, 6) is -8.45. The number of alkyl halides is 12. The minimum atomic E-state index is -3.33. The van der Waals surface area contributed by atoms with E-state index >= 15 is 0 Å². The van der Waals surface area contributed by atoms with Crippen molar-refractivity contribution in [2.24, 2.45) is 5.73 Å². The van der Waals surface area contributed by atoms with Crippen LogP contribution in [0.5, 0.6) is 0 Å². The summed E-state index contributed by atoms with van der Waals surface area (Å²) in [6.45, 7) is 2.03. The molecule has 0 radical (unpaired) electrons. The number of halogens is 18. The summed E-state index contributed by atoms with van der Waals surface area (Å²) in [6, 6.07) is 21.9. The first-order valence-corrected chi connectivity index (χ1v) is 43.6. The summed E-state index contributed by atoms with van der Waals surface area (Å²) < 4.78 is 147. The smallest absolute Gasteiger partial charge is 0.870 e. The van der Waals surface area contributed by atoms with E-state index in [0.29, 0.717) is 43.7 Å². The summed E-state index contributed by atoms with van der Waals surface area (Å²) in [5, 5.41) is 62.9. The van der Waals surface area contributed by atoms with Crippen LogP contribution in [-0.4, -0.2) is 233 Å². The molecule has 131 heavy (non-hydrogen) atoms. The van der Waals surface area contributed by atoms with Gasteiger partial charge in [-0.1, -0.05) is 130 Å². The van der Waals surface area contributed by atoms with Crippen molar-refractivity contribution in [2.75, 3.05) is 69.2 Å². The zero-order valence-electron chi connectivity index (χ0n) is 71.1. The quantitative estimate of drug-likeness (QED) is 0.00884. The molecule has 5 atom stereocenters. The van der Waals surface area contributed by atoms with Crippen molar-refractivity contribution < 1.29 is 186 Å². The standard InChI is InChI=1S/C27H35F3N2O2.C25H34F2N2O.C7H6N4O.2C5H5FN2O.3C2H3FO2.3CH2Cl2.2CH4.2ClH.Mg.2Na.H2O4S.H2O/c1-18(2)20-7-6-8-21(14-20)27(9-4-3-5-10-27)31-17-25(33)24(32-26(34)16-28)13-19-11-22(29)15-23(30)12-19;1-17(2)19-7-6-8-20(14-19)25(9-4-3-5-10-25)29-16-24(30)23(28)13-18-11-21(26)15-22(27)12-18;12-7(10-3-1-8-5-10)11-4-2-9-6-11;2*6-3-5(9)8-2-1-7-4-8;3*3-1-2(4)5;3*2-1-3;;;;;;;;1-4-5(2)3;/h6-8,11-12,14-15,18,24-25,31,33H,3-5,9-10,13,16-17H2,1-2H3,(H,32,34);6-8,11-12,14-15,17,23-24,29-30H,3-5,9-10,13,16,28H2,1-2H3;1-6H;2*1-2,4H,3H2;3*1H2,(H,4,5);3*1H2;2*1H4;2*1H;;;;1H,(H,2,3);1H2/q;;;;;;;;;;;;;;;;2*+1;;/p-2/t24-,25+;23-,24+;;;;;;;;;;;;;;;;;;/m00................../s1. The maximum Gasteiger partial charge on any atom is 1.00 e. The van der Waals surface area contributed by atoms with Crippen LogP contribution in [0.3, 0.4) is 0 Å². The number of nitrogens with one attached hydrogen (secondary N) is 3. The first kappa shape index (κ1) is 144. The number of imidazole rings is 4. The predicted molar refractivity (Wildman–Crippen MR) is 481 cm³/mol. The van der Waals surface area contributed by atoms with Gasteiger partial charge in [-0.25, -0.2) is 78.2 Å². The zero-order valence-corrected chi connectivity index (χ0v) is 83.5. The van der Waals surface area contributed by atoms with Gasteiger partial charge in [0.1, 0.15) is 55.3 Å². The normalized spacial score (nSPS) is 13.1. The van der Waals surface area contributed by atoms with Crippen molar-refractivity contribution in [1.82, 2.24) is 54.2 Å². The van der Waals surface area contributed by atoms with E-state index in [-0.39, 0.29) is 162 Å². The van der Waals surface area contributed by atoms with E-state index in [1.54, 1.807) is 24.8 Å². The Kier molecular flexibility index (Phi) is 92.2. The number of aromatic nitrogens is 8. The van der Waals surface area contributed by atoms with E-state index in [1.165, 1.54) is 100 Å². The van der Waals surface area contributed by atoms with Crippen molar-refractivity contribution in [3.8, 4) is 0 Å². The molecule has 2 saturated carbocycles. The molecule has 8 aromatic rings. The minimum absolute atomic E-state index is 0. The molecule has 0 saturated heterocycles. The van der Waals surface area contributed by atoms with Gasteiger partial charge in [0.15, 0.2) is 33.4 Å². The van der Waals surface area contributed by atoms with Crippen molar-refractivity contribution in [1.29, 1.82) is 0 Å². The van der Waals surface area contributed by atoms with Crippen LogP contribution in [0.15, 0.2) is 160 Å². The molecular formula is C80H112Cl8F10MgN12Na2O17S. The van der Waals surface area contributed by atoms with E-state index in [0.717, 1.165) is 91.2 Å². The number of carbonyl (C=O) groups excluding carboxylic acids is 5. The number of nitrogens with zero attached hydrogens (tertiary/aromatic N) is 8. The Balaban J connectivity index is -0.000000196. The number of carboxylic acid groups (broad SMARTS) is 3. The molecule has 0 bridgehead atoms. The number of hydrogen-bond acceptors (Lipinski definition) is 21. The van der Waals surface area contributed by atoms with E-state index in [2.05, 4.69) is 116 Å². The van der Waals surface area contributed by atoms with Gasteiger partial charge in [-0.2, -0.15) is 0 Å². The Morgan fingerprint density at radius 2 is 0.817 bits per heavy atom. The van der Waals surface area contributed by atoms with Crippen LogP contribution >= 0.6 is 94.4 Å². The minimum Gasteiger partial charge on any atom is -0.870 e. The molecule has 4 heterocycles. The first-order valence-electron chi connectivity index (χ1n) is 37.0. The third-order valence-electron chi connectivity index (χ3n) is 16.8. The van der Waals surface area contributed by atoms with Gasteiger partial charge >= 0.3 is 123 Å². The predicted octanol–water partition coefficient (Wildman–Crippen LogP) is 9.48. The molecule has 0 aliphatic heterocycles. The van der Waals surface area contributed by atoms with Crippen LogP contribution in [0.4, 0.5) is 48.7 Å². The van der Waals surface area contributed by atoms with Gasteiger partial charge in [-0.05, 0) is 108 Å². The molecule has 2 aliphatic carbocycles. The summed E-state index contributed by atoms with van der Waals surface area (Å²) in [5.41, 5.74) is 11.4. The molecule has 2 fully saturated rings. The molecule has 10 rings (SSSR count). The Bertz CT molecular complexity index is 4230. The zero-order chi connectivity index (χ0) is 94.4.